The first-order valence-electron chi connectivity index (χ1n) is 11.4. The van der Waals surface area contributed by atoms with Crippen LogP contribution in [0, 0.1) is 29.6 Å². The molecular formula is C27H26N4O3S. The Kier molecular flexibility index (Phi) is 7.54. The minimum absolute atomic E-state index is 0.157. The maximum Gasteiger partial charge on any atom is 0.405 e. The number of rotatable bonds is 5. The summed E-state index contributed by atoms with van der Waals surface area (Å²) in [7, 11) is 0. The summed E-state index contributed by atoms with van der Waals surface area (Å²) in [6.45, 7) is 4.24. The monoisotopic (exact) mass is 486 g/mol. The lowest BCUT2D eigenvalue weighted by Crippen LogP contribution is -2.50. The predicted molar refractivity (Wildman–Crippen MR) is 136 cm³/mol. The van der Waals surface area contributed by atoms with E-state index in [-0.39, 0.29) is 17.9 Å². The van der Waals surface area contributed by atoms with Gasteiger partial charge in [0.1, 0.15) is 11.9 Å². The maximum atomic E-state index is 13.1. The second-order valence-electron chi connectivity index (χ2n) is 8.60. The Morgan fingerprint density at radius 2 is 1.97 bits per heavy atom. The Balaban J connectivity index is 1.45. The number of amides is 2. The average Bonchev–Trinajstić information content (AvgIpc) is 3.61. The molecule has 0 radical (unpaired) electrons. The van der Waals surface area contributed by atoms with E-state index in [9.17, 15) is 9.59 Å². The van der Waals surface area contributed by atoms with E-state index in [2.05, 4.69) is 39.0 Å². The number of carbonyl (C=O) groups is 2. The van der Waals surface area contributed by atoms with Gasteiger partial charge in [-0.1, -0.05) is 38.0 Å². The first-order valence-corrected chi connectivity index (χ1v) is 12.3. The lowest BCUT2D eigenvalue weighted by Gasteiger charge is -2.29. The minimum Gasteiger partial charge on any atom is -0.465 e. The molecule has 0 saturated carbocycles. The number of likely N-dealkylation sites (tertiary alicyclic amines) is 1. The fourth-order valence-corrected chi connectivity index (χ4v) is 4.64. The van der Waals surface area contributed by atoms with Gasteiger partial charge in [-0.15, -0.1) is 11.3 Å². The van der Waals surface area contributed by atoms with E-state index >= 15 is 0 Å². The molecule has 2 unspecified atom stereocenters. The molecule has 4 rings (SSSR count). The van der Waals surface area contributed by atoms with Gasteiger partial charge in [-0.25, -0.2) is 9.78 Å². The largest absolute Gasteiger partial charge is 0.465 e. The molecule has 3 N–H and O–H groups in total. The summed E-state index contributed by atoms with van der Waals surface area (Å²) in [5.41, 5.74) is 2.68. The Bertz CT molecular complexity index is 1300. The third-order valence-corrected chi connectivity index (χ3v) is 6.62. The highest BCUT2D eigenvalue weighted by molar-refractivity contribution is 7.10. The van der Waals surface area contributed by atoms with E-state index in [1.54, 1.807) is 22.4 Å². The van der Waals surface area contributed by atoms with Gasteiger partial charge in [-0.2, -0.15) is 0 Å². The number of thiophene rings is 1. The molecule has 1 saturated heterocycles. The average molecular weight is 487 g/mol. The van der Waals surface area contributed by atoms with Gasteiger partial charge in [0.05, 0.1) is 22.8 Å². The number of hydrogen-bond donors (Lipinski definition) is 3. The van der Waals surface area contributed by atoms with E-state index in [0.717, 1.165) is 34.5 Å². The second-order valence-corrected chi connectivity index (χ2v) is 9.55. The molecule has 8 heteroatoms. The summed E-state index contributed by atoms with van der Waals surface area (Å²) >= 11 is 1.59. The standard InChI is InChI=1S/C27H26N4O3S/c1-18(2)24(30-27(33)34)26(32)31-15-5-10-23(31)25-28-17-22(29-25)20-13-11-19(12-14-20)7-3-4-8-21-9-6-16-35-21/h6,9,11-14,16-18,23-24,30H,5,10,15H2,1-2H3,(H,28,29)(H,33,34). The third kappa shape index (κ3) is 5.92. The van der Waals surface area contributed by atoms with Crippen LogP contribution in [0.25, 0.3) is 11.3 Å². The van der Waals surface area contributed by atoms with Gasteiger partial charge in [0, 0.05) is 12.1 Å². The molecule has 1 aromatic carbocycles. The van der Waals surface area contributed by atoms with Crippen molar-refractivity contribution in [2.45, 2.75) is 38.8 Å². The molecule has 0 aliphatic carbocycles. The SMILES string of the molecule is CC(C)C(NC(=O)O)C(=O)N1CCCC1c1ncc(-c2ccc(C#CC#Cc3cccs3)cc2)[nH]1. The van der Waals surface area contributed by atoms with Gasteiger partial charge >= 0.3 is 6.09 Å². The molecule has 0 bridgehead atoms. The van der Waals surface area contributed by atoms with Crippen LogP contribution in [-0.2, 0) is 4.79 Å². The van der Waals surface area contributed by atoms with Crippen molar-refractivity contribution in [2.75, 3.05) is 6.54 Å². The van der Waals surface area contributed by atoms with Crippen LogP contribution in [0.1, 0.15) is 49.0 Å². The number of H-pyrrole nitrogens is 1. The quantitative estimate of drug-likeness (QED) is 0.463. The van der Waals surface area contributed by atoms with Crippen molar-refractivity contribution in [2.24, 2.45) is 5.92 Å². The molecule has 3 aromatic rings. The van der Waals surface area contributed by atoms with Crippen molar-refractivity contribution < 1.29 is 14.7 Å². The predicted octanol–water partition coefficient (Wildman–Crippen LogP) is 4.50. The van der Waals surface area contributed by atoms with Gasteiger partial charge in [-0.05, 0) is 65.7 Å². The number of imidazole rings is 1. The molecule has 178 valence electrons. The number of carbonyl (C=O) groups excluding carboxylic acids is 1. The zero-order chi connectivity index (χ0) is 24.8. The fraction of sp³-hybridized carbons (Fsp3) is 0.296. The topological polar surface area (TPSA) is 98.3 Å². The number of aromatic nitrogens is 2. The zero-order valence-electron chi connectivity index (χ0n) is 19.5. The van der Waals surface area contributed by atoms with E-state index < -0.39 is 12.1 Å². The normalized spacial score (nSPS) is 15.6. The highest BCUT2D eigenvalue weighted by atomic mass is 32.1. The first kappa shape index (κ1) is 24.1. The van der Waals surface area contributed by atoms with Crippen LogP contribution in [0.5, 0.6) is 0 Å². The second kappa shape index (κ2) is 10.9. The number of carboxylic acid groups (broad SMARTS) is 1. The Hall–Kier alpha value is -4.01. The molecule has 1 aliphatic heterocycles. The number of hydrogen-bond acceptors (Lipinski definition) is 4. The van der Waals surface area contributed by atoms with Crippen molar-refractivity contribution in [1.82, 2.24) is 20.2 Å². The molecule has 35 heavy (non-hydrogen) atoms. The Labute approximate surface area is 208 Å². The van der Waals surface area contributed by atoms with Crippen LogP contribution in [0.15, 0.2) is 48.0 Å². The van der Waals surface area contributed by atoms with Crippen molar-refractivity contribution >= 4 is 23.3 Å². The fourth-order valence-electron chi connectivity index (χ4n) is 4.07. The summed E-state index contributed by atoms with van der Waals surface area (Å²) in [5.74, 6) is 12.1. The minimum atomic E-state index is -1.20. The van der Waals surface area contributed by atoms with E-state index in [1.165, 1.54) is 0 Å². The summed E-state index contributed by atoms with van der Waals surface area (Å²) < 4.78 is 0. The molecule has 3 heterocycles. The van der Waals surface area contributed by atoms with E-state index in [0.29, 0.717) is 12.4 Å². The highest BCUT2D eigenvalue weighted by Gasteiger charge is 2.37. The van der Waals surface area contributed by atoms with E-state index in [4.69, 9.17) is 5.11 Å². The lowest BCUT2D eigenvalue weighted by atomic mass is 10.0. The summed E-state index contributed by atoms with van der Waals surface area (Å²) in [6.07, 6.45) is 2.18. The molecule has 0 spiro atoms. The molecule has 2 amide bonds. The third-order valence-electron chi connectivity index (χ3n) is 5.83. The van der Waals surface area contributed by atoms with Gasteiger partial charge in [-0.3, -0.25) is 4.79 Å². The molecule has 7 nitrogen and oxygen atoms in total. The Morgan fingerprint density at radius 3 is 2.66 bits per heavy atom. The molecule has 1 fully saturated rings. The number of aromatic amines is 1. The number of nitrogens with zero attached hydrogens (tertiary/aromatic N) is 2. The van der Waals surface area contributed by atoms with Crippen LogP contribution >= 0.6 is 11.3 Å². The van der Waals surface area contributed by atoms with Crippen molar-refractivity contribution in [1.29, 1.82) is 0 Å². The molecule has 2 aromatic heterocycles. The van der Waals surface area contributed by atoms with Crippen LogP contribution in [-0.4, -0.2) is 44.6 Å². The van der Waals surface area contributed by atoms with Crippen molar-refractivity contribution in [3.8, 4) is 34.9 Å². The smallest absolute Gasteiger partial charge is 0.405 e. The summed E-state index contributed by atoms with van der Waals surface area (Å²) in [4.78, 5) is 34.9. The summed E-state index contributed by atoms with van der Waals surface area (Å²) in [6, 6.07) is 10.7. The highest BCUT2D eigenvalue weighted by Crippen LogP contribution is 2.32. The van der Waals surface area contributed by atoms with Crippen LogP contribution in [0.3, 0.4) is 0 Å². The van der Waals surface area contributed by atoms with Gasteiger partial charge in [0.25, 0.3) is 0 Å². The van der Waals surface area contributed by atoms with Crippen molar-refractivity contribution in [3.63, 3.8) is 0 Å². The molecule has 1 aliphatic rings. The lowest BCUT2D eigenvalue weighted by molar-refractivity contribution is -0.135. The first-order chi connectivity index (χ1) is 16.9. The number of benzene rings is 1. The van der Waals surface area contributed by atoms with Crippen LogP contribution < -0.4 is 5.32 Å². The molecule has 2 atom stereocenters. The Morgan fingerprint density at radius 1 is 1.20 bits per heavy atom. The zero-order valence-corrected chi connectivity index (χ0v) is 20.4. The van der Waals surface area contributed by atoms with Crippen molar-refractivity contribution in [3.05, 3.63) is 64.2 Å². The van der Waals surface area contributed by atoms with Gasteiger partial charge in [0.15, 0.2) is 0 Å². The van der Waals surface area contributed by atoms with Crippen LogP contribution in [0.4, 0.5) is 4.79 Å². The maximum absolute atomic E-state index is 13.1. The van der Waals surface area contributed by atoms with Gasteiger partial charge < -0.3 is 20.3 Å². The van der Waals surface area contributed by atoms with Gasteiger partial charge in [0.2, 0.25) is 5.91 Å². The number of nitrogens with one attached hydrogen (secondary N) is 2. The molecular weight excluding hydrogens is 460 g/mol. The van der Waals surface area contributed by atoms with E-state index in [1.807, 2.05) is 55.6 Å². The summed E-state index contributed by atoms with van der Waals surface area (Å²) in [5, 5.41) is 13.5. The van der Waals surface area contributed by atoms with Crippen LogP contribution in [0.2, 0.25) is 0 Å².